The van der Waals surface area contributed by atoms with Gasteiger partial charge in [0.2, 0.25) is 0 Å². The van der Waals surface area contributed by atoms with E-state index in [9.17, 15) is 19.5 Å². The maximum absolute atomic E-state index is 12.9. The molecular formula is C24H34O5. The molecule has 0 aromatic carbocycles. The Morgan fingerprint density at radius 1 is 1.14 bits per heavy atom. The molecule has 3 fully saturated rings. The quantitative estimate of drug-likeness (QED) is 0.727. The van der Waals surface area contributed by atoms with E-state index in [4.69, 9.17) is 4.74 Å². The van der Waals surface area contributed by atoms with Crippen LogP contribution in [0.4, 0.5) is 0 Å². The van der Waals surface area contributed by atoms with E-state index in [0.29, 0.717) is 24.2 Å². The Morgan fingerprint density at radius 2 is 1.90 bits per heavy atom. The number of carbonyl (C=O) groups is 3. The second-order valence-corrected chi connectivity index (χ2v) is 10.4. The van der Waals surface area contributed by atoms with Gasteiger partial charge in [0.15, 0.2) is 11.6 Å². The summed E-state index contributed by atoms with van der Waals surface area (Å²) < 4.78 is 5.03. The van der Waals surface area contributed by atoms with E-state index < -0.39 is 12.1 Å². The number of rotatable bonds is 4. The van der Waals surface area contributed by atoms with Gasteiger partial charge in [0, 0.05) is 12.3 Å². The molecule has 5 nitrogen and oxygen atoms in total. The van der Waals surface area contributed by atoms with E-state index >= 15 is 0 Å². The Hall–Kier alpha value is -1.49. The van der Waals surface area contributed by atoms with Crippen LogP contribution in [-0.4, -0.2) is 35.4 Å². The smallest absolute Gasteiger partial charge is 0.335 e. The van der Waals surface area contributed by atoms with Crippen molar-refractivity contribution in [3.8, 4) is 0 Å². The Bertz CT molecular complexity index is 752. The van der Waals surface area contributed by atoms with Crippen LogP contribution in [0.25, 0.3) is 0 Å². The first-order valence-corrected chi connectivity index (χ1v) is 11.3. The molecular weight excluding hydrogens is 368 g/mol. The van der Waals surface area contributed by atoms with Crippen molar-refractivity contribution >= 4 is 17.5 Å². The van der Waals surface area contributed by atoms with E-state index in [2.05, 4.69) is 13.8 Å². The molecule has 7 atom stereocenters. The first-order valence-electron chi connectivity index (χ1n) is 11.3. The van der Waals surface area contributed by atoms with Crippen molar-refractivity contribution in [1.82, 2.24) is 0 Å². The summed E-state index contributed by atoms with van der Waals surface area (Å²) in [5, 5.41) is 9.29. The Kier molecular flexibility index (Phi) is 5.25. The van der Waals surface area contributed by atoms with Crippen molar-refractivity contribution < 1.29 is 24.2 Å². The highest BCUT2D eigenvalue weighted by atomic mass is 16.5. The van der Waals surface area contributed by atoms with Gasteiger partial charge in [-0.05, 0) is 86.5 Å². The van der Waals surface area contributed by atoms with Gasteiger partial charge in [-0.1, -0.05) is 19.4 Å². The average Bonchev–Trinajstić information content (AvgIpc) is 3.03. The SMILES string of the molecule is CC(O)C(=O)OCC(=O)[C@H]1CC[C@H]2[C@@H]3CCC4=CC(=O)CC[C@]4(C)[C@H]3CC[C@]12C. The fourth-order valence-corrected chi connectivity index (χ4v) is 7.45. The minimum Gasteiger partial charge on any atom is -0.456 e. The zero-order chi connectivity index (χ0) is 21.0. The summed E-state index contributed by atoms with van der Waals surface area (Å²) >= 11 is 0. The molecule has 0 bridgehead atoms. The van der Waals surface area contributed by atoms with Crippen LogP contribution in [-0.2, 0) is 19.1 Å². The number of Topliss-reactive ketones (excluding diaryl/α,β-unsaturated/α-hetero) is 1. The highest BCUT2D eigenvalue weighted by Crippen LogP contribution is 2.66. The number of ether oxygens (including phenoxy) is 1. The second-order valence-electron chi connectivity index (χ2n) is 10.4. The standard InChI is InChI=1S/C24H34O5/c1-14(25)22(28)29-13-21(27)20-7-6-18-17-5-4-15-12-16(26)8-10-23(15,2)19(17)9-11-24(18,20)3/h12,14,17-20,25H,4-11,13H2,1-3H3/t14?,17-,18-,19-,20+,23-,24-/m0/s1. The molecule has 29 heavy (non-hydrogen) atoms. The minimum atomic E-state index is -1.20. The monoisotopic (exact) mass is 402 g/mol. The molecule has 160 valence electrons. The van der Waals surface area contributed by atoms with Crippen LogP contribution in [0.5, 0.6) is 0 Å². The number of allylic oxidation sites excluding steroid dienone is 1. The molecule has 0 radical (unpaired) electrons. The molecule has 5 heteroatoms. The van der Waals surface area contributed by atoms with E-state index in [1.165, 1.54) is 12.5 Å². The van der Waals surface area contributed by atoms with Gasteiger partial charge in [-0.2, -0.15) is 0 Å². The molecule has 1 N–H and O–H groups in total. The molecule has 0 aromatic rings. The number of carbonyl (C=O) groups excluding carboxylic acids is 3. The average molecular weight is 403 g/mol. The molecule has 3 saturated carbocycles. The van der Waals surface area contributed by atoms with Crippen LogP contribution >= 0.6 is 0 Å². The van der Waals surface area contributed by atoms with Crippen molar-refractivity contribution in [2.45, 2.75) is 78.2 Å². The lowest BCUT2D eigenvalue weighted by molar-refractivity contribution is -0.157. The molecule has 0 aliphatic heterocycles. The number of esters is 1. The number of aliphatic hydroxyl groups is 1. The summed E-state index contributed by atoms with van der Waals surface area (Å²) in [6.45, 7) is 5.78. The summed E-state index contributed by atoms with van der Waals surface area (Å²) in [5.41, 5.74) is 1.49. The normalized spacial score (nSPS) is 42.2. The molecule has 0 saturated heterocycles. The maximum atomic E-state index is 12.9. The van der Waals surface area contributed by atoms with Crippen molar-refractivity contribution in [2.75, 3.05) is 6.61 Å². The zero-order valence-electron chi connectivity index (χ0n) is 17.9. The van der Waals surface area contributed by atoms with Gasteiger partial charge < -0.3 is 9.84 Å². The maximum Gasteiger partial charge on any atom is 0.335 e. The third-order valence-electron chi connectivity index (χ3n) is 9.05. The fraction of sp³-hybridized carbons (Fsp3) is 0.792. The zero-order valence-corrected chi connectivity index (χ0v) is 17.9. The van der Waals surface area contributed by atoms with Crippen LogP contribution < -0.4 is 0 Å². The van der Waals surface area contributed by atoms with E-state index in [1.807, 2.05) is 6.08 Å². The van der Waals surface area contributed by atoms with Gasteiger partial charge in [-0.3, -0.25) is 9.59 Å². The number of ketones is 2. The topological polar surface area (TPSA) is 80.7 Å². The largest absolute Gasteiger partial charge is 0.456 e. The predicted octanol–water partition coefficient (Wildman–Crippen LogP) is 3.63. The lowest BCUT2D eigenvalue weighted by Gasteiger charge is -2.58. The highest BCUT2D eigenvalue weighted by molar-refractivity contribution is 5.91. The van der Waals surface area contributed by atoms with Crippen molar-refractivity contribution in [3.63, 3.8) is 0 Å². The number of hydrogen-bond donors (Lipinski definition) is 1. The Labute approximate surface area is 173 Å². The molecule has 4 aliphatic carbocycles. The molecule has 4 rings (SSSR count). The lowest BCUT2D eigenvalue weighted by atomic mass is 9.46. The summed E-state index contributed by atoms with van der Waals surface area (Å²) in [5.74, 6) is 1.25. The van der Waals surface area contributed by atoms with Gasteiger partial charge in [-0.15, -0.1) is 0 Å². The summed E-state index contributed by atoms with van der Waals surface area (Å²) in [6, 6.07) is 0. The van der Waals surface area contributed by atoms with E-state index in [0.717, 1.165) is 44.9 Å². The third kappa shape index (κ3) is 3.30. The first kappa shape index (κ1) is 20.8. The minimum absolute atomic E-state index is 0.00770. The predicted molar refractivity (Wildman–Crippen MR) is 108 cm³/mol. The number of fused-ring (bicyclic) bond motifs is 5. The lowest BCUT2D eigenvalue weighted by Crippen LogP contribution is -2.51. The van der Waals surface area contributed by atoms with Crippen LogP contribution in [0, 0.1) is 34.5 Å². The molecule has 0 amide bonds. The van der Waals surface area contributed by atoms with E-state index in [1.54, 1.807) is 0 Å². The fourth-order valence-electron chi connectivity index (χ4n) is 7.45. The Balaban J connectivity index is 1.50. The Morgan fingerprint density at radius 3 is 2.62 bits per heavy atom. The van der Waals surface area contributed by atoms with Crippen LogP contribution in [0.15, 0.2) is 11.6 Å². The third-order valence-corrected chi connectivity index (χ3v) is 9.05. The van der Waals surface area contributed by atoms with Crippen LogP contribution in [0.1, 0.15) is 72.1 Å². The molecule has 1 unspecified atom stereocenters. The van der Waals surface area contributed by atoms with Gasteiger partial charge in [0.25, 0.3) is 0 Å². The van der Waals surface area contributed by atoms with Gasteiger partial charge in [-0.25, -0.2) is 4.79 Å². The second kappa shape index (κ2) is 7.33. The van der Waals surface area contributed by atoms with Gasteiger partial charge in [0.05, 0.1) is 0 Å². The molecule has 0 heterocycles. The number of aliphatic hydroxyl groups excluding tert-OH is 1. The highest BCUT2D eigenvalue weighted by Gasteiger charge is 2.60. The molecule has 0 aromatic heterocycles. The summed E-state index contributed by atoms with van der Waals surface area (Å²) in [6.07, 6.45) is 8.58. The van der Waals surface area contributed by atoms with E-state index in [-0.39, 0.29) is 34.9 Å². The van der Waals surface area contributed by atoms with Crippen molar-refractivity contribution in [3.05, 3.63) is 11.6 Å². The van der Waals surface area contributed by atoms with Gasteiger partial charge in [0.1, 0.15) is 12.7 Å². The number of hydrogen-bond acceptors (Lipinski definition) is 5. The summed E-state index contributed by atoms with van der Waals surface area (Å²) in [7, 11) is 0. The first-order chi connectivity index (χ1) is 13.7. The molecule has 4 aliphatic rings. The van der Waals surface area contributed by atoms with Crippen molar-refractivity contribution in [1.29, 1.82) is 0 Å². The summed E-state index contributed by atoms with van der Waals surface area (Å²) in [4.78, 5) is 36.4. The van der Waals surface area contributed by atoms with Gasteiger partial charge >= 0.3 is 5.97 Å². The molecule has 0 spiro atoms. The van der Waals surface area contributed by atoms with Crippen LogP contribution in [0.2, 0.25) is 0 Å². The van der Waals surface area contributed by atoms with Crippen LogP contribution in [0.3, 0.4) is 0 Å². The van der Waals surface area contributed by atoms with Crippen molar-refractivity contribution in [2.24, 2.45) is 34.5 Å².